The zero-order chi connectivity index (χ0) is 25.1. The molecule has 10 heteroatoms. The average molecular weight is 511 g/mol. The number of nitrogens with one attached hydrogen (secondary N) is 2. The van der Waals surface area contributed by atoms with Crippen LogP contribution in [0.5, 0.6) is 0 Å². The molecule has 0 aliphatic carbocycles. The molecule has 5 rings (SSSR count). The molecule has 0 bridgehead atoms. The van der Waals surface area contributed by atoms with Gasteiger partial charge in [-0.25, -0.2) is 12.7 Å². The zero-order valence-electron chi connectivity index (χ0n) is 20.4. The highest BCUT2D eigenvalue weighted by Gasteiger charge is 2.31. The number of piperazine rings is 1. The summed E-state index contributed by atoms with van der Waals surface area (Å²) in [5.74, 6) is -0.206. The highest BCUT2D eigenvalue weighted by Crippen LogP contribution is 2.35. The van der Waals surface area contributed by atoms with Crippen LogP contribution in [0.1, 0.15) is 41.2 Å². The number of amides is 1. The third-order valence-corrected chi connectivity index (χ3v) is 9.35. The summed E-state index contributed by atoms with van der Waals surface area (Å²) in [5.41, 5.74) is 9.53. The lowest BCUT2D eigenvalue weighted by Gasteiger charge is -2.31. The van der Waals surface area contributed by atoms with Gasteiger partial charge in [0.05, 0.1) is 22.5 Å². The molecule has 2 fully saturated rings. The second kappa shape index (κ2) is 10.7. The van der Waals surface area contributed by atoms with E-state index in [2.05, 4.69) is 26.5 Å². The highest BCUT2D eigenvalue weighted by molar-refractivity contribution is 7.89. The van der Waals surface area contributed by atoms with Gasteiger partial charge in [-0.15, -0.1) is 0 Å². The van der Waals surface area contributed by atoms with Crippen molar-refractivity contribution >= 4 is 26.8 Å². The van der Waals surface area contributed by atoms with Crippen LogP contribution in [0.2, 0.25) is 0 Å². The molecule has 2 aromatic carbocycles. The van der Waals surface area contributed by atoms with Gasteiger partial charge in [-0.3, -0.25) is 9.89 Å². The molecule has 192 valence electrons. The van der Waals surface area contributed by atoms with Crippen molar-refractivity contribution in [1.29, 1.82) is 0 Å². The van der Waals surface area contributed by atoms with Crippen LogP contribution in [0.3, 0.4) is 0 Å². The van der Waals surface area contributed by atoms with Crippen LogP contribution in [0.25, 0.3) is 22.0 Å². The van der Waals surface area contributed by atoms with Gasteiger partial charge in [-0.05, 0) is 49.1 Å². The minimum absolute atomic E-state index is 0.109. The number of piperidine rings is 1. The van der Waals surface area contributed by atoms with Gasteiger partial charge >= 0.3 is 0 Å². The maximum absolute atomic E-state index is 13.0. The van der Waals surface area contributed by atoms with Gasteiger partial charge < -0.3 is 16.0 Å². The average Bonchev–Trinajstić information content (AvgIpc) is 3.33. The van der Waals surface area contributed by atoms with Crippen LogP contribution in [-0.2, 0) is 10.0 Å². The van der Waals surface area contributed by atoms with E-state index in [1.807, 2.05) is 30.3 Å². The van der Waals surface area contributed by atoms with Gasteiger partial charge in [-0.1, -0.05) is 30.3 Å². The predicted molar refractivity (Wildman–Crippen MR) is 141 cm³/mol. The molecule has 2 aliphatic heterocycles. The van der Waals surface area contributed by atoms with Crippen LogP contribution in [0, 0.1) is 0 Å². The van der Waals surface area contributed by atoms with E-state index in [4.69, 9.17) is 5.73 Å². The molecule has 1 amide bonds. The number of carbonyl (C=O) groups is 1. The zero-order valence-corrected chi connectivity index (χ0v) is 21.3. The molecule has 3 heterocycles. The second-order valence-corrected chi connectivity index (χ2v) is 11.8. The van der Waals surface area contributed by atoms with E-state index in [0.29, 0.717) is 43.4 Å². The normalized spacial score (nSPS) is 18.6. The Labute approximate surface area is 212 Å². The van der Waals surface area contributed by atoms with Crippen LogP contribution >= 0.6 is 0 Å². The van der Waals surface area contributed by atoms with Crippen LogP contribution in [0.4, 0.5) is 0 Å². The number of hydrogen-bond acceptors (Lipinski definition) is 6. The molecule has 0 saturated carbocycles. The summed E-state index contributed by atoms with van der Waals surface area (Å²) in [6, 6.07) is 13.7. The summed E-state index contributed by atoms with van der Waals surface area (Å²) in [6.45, 7) is 5.68. The standard InChI is InChI=1S/C26H34N6O3S/c27-26(33)23-18-21(19-5-2-1-3-6-19)17-22-24(29-30-25(22)23)20-7-12-32(13-8-20)36(34,35)16-4-11-31-14-9-28-10-15-31/h1-3,5-6,17-18,20,28H,4,7-16H2,(H2,27,33)(H,29,30). The monoisotopic (exact) mass is 510 g/mol. The predicted octanol–water partition coefficient (Wildman–Crippen LogP) is 2.13. The minimum atomic E-state index is -3.28. The lowest BCUT2D eigenvalue weighted by Crippen LogP contribution is -2.44. The molecule has 0 spiro atoms. The molecule has 0 unspecified atom stereocenters. The first-order valence-electron chi connectivity index (χ1n) is 12.7. The summed E-state index contributed by atoms with van der Waals surface area (Å²) in [5, 5.41) is 11.8. The fraction of sp³-hybridized carbons (Fsp3) is 0.462. The Hall–Kier alpha value is -2.79. The topological polar surface area (TPSA) is 124 Å². The van der Waals surface area contributed by atoms with Crippen molar-refractivity contribution in [2.45, 2.75) is 25.2 Å². The van der Waals surface area contributed by atoms with Gasteiger partial charge in [0.25, 0.3) is 5.91 Å². The van der Waals surface area contributed by atoms with E-state index < -0.39 is 15.9 Å². The number of nitrogens with zero attached hydrogens (tertiary/aromatic N) is 3. The first-order valence-corrected chi connectivity index (χ1v) is 14.3. The summed E-state index contributed by atoms with van der Waals surface area (Å²) in [7, 11) is -3.28. The summed E-state index contributed by atoms with van der Waals surface area (Å²) in [6.07, 6.45) is 2.04. The van der Waals surface area contributed by atoms with Crippen molar-refractivity contribution in [2.75, 3.05) is 51.6 Å². The third-order valence-electron chi connectivity index (χ3n) is 7.40. The molecule has 1 aromatic heterocycles. The molecule has 0 atom stereocenters. The van der Waals surface area contributed by atoms with Crippen molar-refractivity contribution in [3.8, 4) is 11.1 Å². The fourth-order valence-electron chi connectivity index (χ4n) is 5.39. The molecule has 2 aliphatic rings. The molecule has 0 radical (unpaired) electrons. The number of rotatable bonds is 8. The van der Waals surface area contributed by atoms with E-state index >= 15 is 0 Å². The van der Waals surface area contributed by atoms with Crippen molar-refractivity contribution in [3.63, 3.8) is 0 Å². The maximum atomic E-state index is 13.0. The first-order chi connectivity index (χ1) is 17.4. The number of hydrogen-bond donors (Lipinski definition) is 3. The number of primary amides is 1. The second-order valence-electron chi connectivity index (χ2n) is 9.72. The molecule has 3 aromatic rings. The lowest BCUT2D eigenvalue weighted by molar-refractivity contribution is 0.100. The Bertz CT molecular complexity index is 1310. The minimum Gasteiger partial charge on any atom is -0.366 e. The molecule has 9 nitrogen and oxygen atoms in total. The van der Waals surface area contributed by atoms with Gasteiger partial charge in [0, 0.05) is 50.6 Å². The van der Waals surface area contributed by atoms with Crippen LogP contribution in [-0.4, -0.2) is 85.3 Å². The number of aromatic amines is 1. The van der Waals surface area contributed by atoms with Gasteiger partial charge in [-0.2, -0.15) is 5.10 Å². The molecule has 2 saturated heterocycles. The van der Waals surface area contributed by atoms with E-state index in [1.54, 1.807) is 10.4 Å². The van der Waals surface area contributed by atoms with Crippen LogP contribution < -0.4 is 11.1 Å². The van der Waals surface area contributed by atoms with Crippen molar-refractivity contribution in [1.82, 2.24) is 24.7 Å². The first kappa shape index (κ1) is 24.9. The number of aromatic nitrogens is 2. The molecular formula is C26H34N6O3S. The Morgan fingerprint density at radius 3 is 2.44 bits per heavy atom. The highest BCUT2D eigenvalue weighted by atomic mass is 32.2. The molecule has 4 N–H and O–H groups in total. The van der Waals surface area contributed by atoms with Gasteiger partial charge in [0.1, 0.15) is 0 Å². The van der Waals surface area contributed by atoms with Gasteiger partial charge in [0.15, 0.2) is 0 Å². The fourth-order valence-corrected chi connectivity index (χ4v) is 6.90. The lowest BCUT2D eigenvalue weighted by atomic mass is 9.90. The van der Waals surface area contributed by atoms with E-state index in [0.717, 1.165) is 54.9 Å². The quantitative estimate of drug-likeness (QED) is 0.427. The maximum Gasteiger partial charge on any atom is 0.250 e. The molecule has 36 heavy (non-hydrogen) atoms. The summed E-state index contributed by atoms with van der Waals surface area (Å²) < 4.78 is 27.6. The Morgan fingerprint density at radius 1 is 1.03 bits per heavy atom. The van der Waals surface area contributed by atoms with Crippen LogP contribution in [0.15, 0.2) is 42.5 Å². The van der Waals surface area contributed by atoms with Gasteiger partial charge in [0.2, 0.25) is 10.0 Å². The summed E-state index contributed by atoms with van der Waals surface area (Å²) >= 11 is 0. The van der Waals surface area contributed by atoms with Crippen molar-refractivity contribution < 1.29 is 13.2 Å². The number of carbonyl (C=O) groups excluding carboxylic acids is 1. The molecular weight excluding hydrogens is 476 g/mol. The Balaban J connectivity index is 1.29. The Morgan fingerprint density at radius 2 is 1.75 bits per heavy atom. The smallest absolute Gasteiger partial charge is 0.250 e. The largest absolute Gasteiger partial charge is 0.366 e. The van der Waals surface area contributed by atoms with Crippen molar-refractivity contribution in [3.05, 3.63) is 53.7 Å². The number of nitrogens with two attached hydrogens (primary N) is 1. The van der Waals surface area contributed by atoms with E-state index in [-0.39, 0.29) is 11.7 Å². The van der Waals surface area contributed by atoms with Crippen molar-refractivity contribution in [2.24, 2.45) is 5.73 Å². The SMILES string of the molecule is NC(=O)c1cc(-c2ccccc2)cc2c(C3CCN(S(=O)(=O)CCCN4CCNCC4)CC3)n[nH]c12. The Kier molecular flexibility index (Phi) is 7.38. The number of H-pyrrole nitrogens is 1. The van der Waals surface area contributed by atoms with E-state index in [1.165, 1.54) is 0 Å². The summed E-state index contributed by atoms with van der Waals surface area (Å²) in [4.78, 5) is 14.5. The number of sulfonamides is 1. The third kappa shape index (κ3) is 5.31. The van der Waals surface area contributed by atoms with E-state index in [9.17, 15) is 13.2 Å². The number of fused-ring (bicyclic) bond motifs is 1. The number of benzene rings is 2.